The third-order valence-electron chi connectivity index (χ3n) is 7.73. The fourth-order valence-corrected chi connectivity index (χ4v) is 9.07. The number of carboxylic acid groups (broad SMARTS) is 4. The molecule has 3 aromatic carbocycles. The molecule has 0 aliphatic carbocycles. The Morgan fingerprint density at radius 3 is 1.51 bits per heavy atom. The summed E-state index contributed by atoms with van der Waals surface area (Å²) in [6, 6.07) is 20.9. The second-order valence-corrected chi connectivity index (χ2v) is 20.1. The van der Waals surface area contributed by atoms with E-state index in [0.717, 1.165) is 18.2 Å². The summed E-state index contributed by atoms with van der Waals surface area (Å²) in [5.41, 5.74) is 0.109. The number of halogens is 3. The van der Waals surface area contributed by atoms with Crippen LogP contribution in [0.2, 0.25) is 0 Å². The van der Waals surface area contributed by atoms with E-state index in [9.17, 15) is 60.7 Å². The van der Waals surface area contributed by atoms with Crippen LogP contribution in [0, 0.1) is 5.92 Å². The Labute approximate surface area is 315 Å². The second-order valence-electron chi connectivity index (χ2n) is 12.5. The Morgan fingerprint density at radius 2 is 1.13 bits per heavy atom. The molecule has 0 bridgehead atoms. The maximum Gasteiger partial charge on any atom is 0.416 e. The molecule has 6 atom stereocenters. The lowest BCUT2D eigenvalue weighted by Gasteiger charge is -2.17. The van der Waals surface area contributed by atoms with Gasteiger partial charge in [-0.05, 0) is 29.2 Å². The normalized spacial score (nSPS) is 16.1. The molecule has 14 nitrogen and oxygen atoms in total. The average molecular weight is 839 g/mol. The summed E-state index contributed by atoms with van der Waals surface area (Å²) in [6.07, 6.45) is -7.07. The Morgan fingerprint density at radius 1 is 0.655 bits per heavy atom. The van der Waals surface area contributed by atoms with Crippen molar-refractivity contribution in [2.45, 2.75) is 43.9 Å². The minimum Gasteiger partial charge on any atom is -0.481 e. The first-order valence-corrected chi connectivity index (χ1v) is 22.7. The van der Waals surface area contributed by atoms with Gasteiger partial charge in [0, 0.05) is 43.9 Å². The third-order valence-corrected chi connectivity index (χ3v) is 12.6. The Hall–Kier alpha value is -4.10. The summed E-state index contributed by atoms with van der Waals surface area (Å²) in [4.78, 5) is 72.1. The molecule has 0 fully saturated rings. The lowest BCUT2D eigenvalue weighted by atomic mass is 10.0. The van der Waals surface area contributed by atoms with Gasteiger partial charge in [0.2, 0.25) is 14.7 Å². The van der Waals surface area contributed by atoms with Gasteiger partial charge in [-0.15, -0.1) is 0 Å². The minimum atomic E-state index is -4.60. The molecule has 0 spiro atoms. The van der Waals surface area contributed by atoms with E-state index in [1.807, 2.05) is 0 Å². The SMILES string of the molecule is CCP(=O)(O)CC(C(=O)O)c1ccccc1.CP(=O)(O)CC(C(=O)O)c1ccccc1.O=C(O)CCC(CP(=O)(O)Cc1cccc(C(F)(F)F)c1)C(=O)O. The average Bonchev–Trinajstić information content (AvgIpc) is 3.08. The van der Waals surface area contributed by atoms with Crippen LogP contribution in [0.3, 0.4) is 0 Å². The van der Waals surface area contributed by atoms with E-state index < -0.39 is 94.2 Å². The van der Waals surface area contributed by atoms with Crippen LogP contribution < -0.4 is 0 Å². The highest BCUT2D eigenvalue weighted by Crippen LogP contribution is 2.48. The standard InChI is InChI=1S/C14H16F3O6P.C11H15O4P.C10H13O4P/c15-14(16,17)11-3-1-2-9(6-11)7-24(22,23)8-10(13(20)21)4-5-12(18)19;1-2-16(14,15)8-10(11(12)13)9-6-4-3-5-7-9;1-15(13,14)7-9(10(11)12)8-5-3-2-4-6-8/h1-3,6,10H,4-5,7-8H2,(H,18,19)(H,20,21)(H,22,23);3-7,10H,2,8H2,1H3,(H,12,13)(H,14,15);2-6,9H,7H2,1H3,(H,11,12)(H,13,14). The summed E-state index contributed by atoms with van der Waals surface area (Å²) in [7, 11) is -10.7. The van der Waals surface area contributed by atoms with Gasteiger partial charge in [0.1, 0.15) is 0 Å². The summed E-state index contributed by atoms with van der Waals surface area (Å²) < 4.78 is 72.8. The lowest BCUT2D eigenvalue weighted by molar-refractivity contribution is -0.142. The molecule has 0 aliphatic heterocycles. The zero-order chi connectivity index (χ0) is 42.2. The quantitative estimate of drug-likeness (QED) is 0.0680. The van der Waals surface area contributed by atoms with Crippen molar-refractivity contribution in [3.8, 4) is 0 Å². The molecule has 0 amide bonds. The van der Waals surface area contributed by atoms with Gasteiger partial charge in [-0.1, -0.05) is 85.8 Å². The largest absolute Gasteiger partial charge is 0.481 e. The van der Waals surface area contributed by atoms with Crippen molar-refractivity contribution in [2.24, 2.45) is 5.92 Å². The van der Waals surface area contributed by atoms with Gasteiger partial charge in [-0.25, -0.2) is 0 Å². The maximum atomic E-state index is 12.6. The molecule has 20 heteroatoms. The van der Waals surface area contributed by atoms with Crippen molar-refractivity contribution in [1.82, 2.24) is 0 Å². The zero-order valence-electron chi connectivity index (χ0n) is 29.7. The maximum absolute atomic E-state index is 12.6. The number of alkyl halides is 3. The molecule has 3 rings (SSSR count). The van der Waals surface area contributed by atoms with Crippen molar-refractivity contribution < 1.29 is 81.2 Å². The molecule has 3 aromatic rings. The lowest BCUT2D eigenvalue weighted by Crippen LogP contribution is -2.20. The van der Waals surface area contributed by atoms with Crippen molar-refractivity contribution >= 4 is 46.0 Å². The number of aliphatic carboxylic acids is 4. The second kappa shape index (κ2) is 21.8. The van der Waals surface area contributed by atoms with Gasteiger partial charge in [0.05, 0.1) is 23.3 Å². The van der Waals surface area contributed by atoms with Crippen LogP contribution in [-0.4, -0.2) is 90.3 Å². The highest BCUT2D eigenvalue weighted by atomic mass is 31.2. The minimum absolute atomic E-state index is 0.0435. The predicted octanol–water partition coefficient (Wildman–Crippen LogP) is 6.94. The number of carboxylic acids is 4. The summed E-state index contributed by atoms with van der Waals surface area (Å²) in [5.74, 6) is -7.97. The van der Waals surface area contributed by atoms with E-state index in [1.165, 1.54) is 12.7 Å². The highest BCUT2D eigenvalue weighted by molar-refractivity contribution is 7.58. The molecule has 0 aromatic heterocycles. The van der Waals surface area contributed by atoms with E-state index in [2.05, 4.69) is 0 Å². The molecule has 0 radical (unpaired) electrons. The molecule has 0 saturated carbocycles. The van der Waals surface area contributed by atoms with E-state index >= 15 is 0 Å². The number of hydrogen-bond donors (Lipinski definition) is 7. The number of carbonyl (C=O) groups is 4. The first kappa shape index (κ1) is 48.9. The number of benzene rings is 3. The van der Waals surface area contributed by atoms with Crippen LogP contribution >= 0.6 is 22.1 Å². The van der Waals surface area contributed by atoms with Gasteiger partial charge in [0.15, 0.2) is 7.37 Å². The van der Waals surface area contributed by atoms with E-state index in [-0.39, 0.29) is 30.5 Å². The van der Waals surface area contributed by atoms with Crippen LogP contribution in [0.5, 0.6) is 0 Å². The fourth-order valence-electron chi connectivity index (χ4n) is 4.91. The van der Waals surface area contributed by atoms with Gasteiger partial charge in [-0.3, -0.25) is 32.9 Å². The zero-order valence-corrected chi connectivity index (χ0v) is 32.4. The van der Waals surface area contributed by atoms with Crippen LogP contribution in [0.1, 0.15) is 53.9 Å². The van der Waals surface area contributed by atoms with Crippen LogP contribution in [0.15, 0.2) is 84.9 Å². The molecule has 55 heavy (non-hydrogen) atoms. The third kappa shape index (κ3) is 19.9. The fraction of sp³-hybridized carbons (Fsp3) is 0.371. The number of hydrogen-bond acceptors (Lipinski definition) is 7. The first-order valence-electron chi connectivity index (χ1n) is 16.3. The summed E-state index contributed by atoms with van der Waals surface area (Å²) in [5, 5.41) is 35.6. The summed E-state index contributed by atoms with van der Waals surface area (Å²) in [6.45, 7) is 2.76. The first-order chi connectivity index (χ1) is 25.3. The molecule has 7 N–H and O–H groups in total. The predicted molar refractivity (Wildman–Crippen MR) is 197 cm³/mol. The molecule has 0 aliphatic rings. The Balaban J connectivity index is 0.000000429. The molecule has 304 valence electrons. The number of rotatable bonds is 17. The van der Waals surface area contributed by atoms with Crippen LogP contribution in [-0.2, 0) is 45.2 Å². The molecular weight excluding hydrogens is 794 g/mol. The van der Waals surface area contributed by atoms with Crippen LogP contribution in [0.4, 0.5) is 13.2 Å². The Kier molecular flexibility index (Phi) is 19.4. The van der Waals surface area contributed by atoms with Gasteiger partial charge in [-0.2, -0.15) is 13.2 Å². The molecule has 0 saturated heterocycles. The van der Waals surface area contributed by atoms with E-state index in [0.29, 0.717) is 11.1 Å². The van der Waals surface area contributed by atoms with Crippen molar-refractivity contribution in [3.63, 3.8) is 0 Å². The molecule has 0 heterocycles. The topological polar surface area (TPSA) is 261 Å². The van der Waals surface area contributed by atoms with Gasteiger partial charge < -0.3 is 35.1 Å². The summed E-state index contributed by atoms with van der Waals surface area (Å²) >= 11 is 0. The van der Waals surface area contributed by atoms with Crippen molar-refractivity contribution in [2.75, 3.05) is 31.3 Å². The Bertz CT molecular complexity index is 1870. The van der Waals surface area contributed by atoms with Crippen molar-refractivity contribution in [1.29, 1.82) is 0 Å². The molecule has 6 unspecified atom stereocenters. The van der Waals surface area contributed by atoms with Crippen LogP contribution in [0.25, 0.3) is 0 Å². The van der Waals surface area contributed by atoms with Crippen molar-refractivity contribution in [3.05, 3.63) is 107 Å². The van der Waals surface area contributed by atoms with E-state index in [1.54, 1.807) is 67.6 Å². The highest BCUT2D eigenvalue weighted by Gasteiger charge is 2.33. The monoisotopic (exact) mass is 838 g/mol. The van der Waals surface area contributed by atoms with Gasteiger partial charge >= 0.3 is 30.1 Å². The molecular formula is C35H44F3O14P3. The van der Waals surface area contributed by atoms with Gasteiger partial charge in [0.25, 0.3) is 0 Å². The van der Waals surface area contributed by atoms with E-state index in [4.69, 9.17) is 20.4 Å². The smallest absolute Gasteiger partial charge is 0.416 e.